The van der Waals surface area contributed by atoms with Gasteiger partial charge >= 0.3 is 0 Å². The zero-order chi connectivity index (χ0) is 16.4. The van der Waals surface area contributed by atoms with Crippen molar-refractivity contribution >= 4 is 17.7 Å². The maximum Gasteiger partial charge on any atom is 0.246 e. The summed E-state index contributed by atoms with van der Waals surface area (Å²) in [5.41, 5.74) is 0.579. The molecule has 1 N–H and O–H groups in total. The minimum Gasteiger partial charge on any atom is -0.360 e. The van der Waals surface area contributed by atoms with Crippen molar-refractivity contribution in [3.8, 4) is 11.5 Å². The van der Waals surface area contributed by atoms with Crippen LogP contribution >= 0.6 is 11.8 Å². The van der Waals surface area contributed by atoms with Crippen molar-refractivity contribution in [1.29, 1.82) is 0 Å². The summed E-state index contributed by atoms with van der Waals surface area (Å²) in [6.07, 6.45) is 7.33. The molecule has 0 unspecified atom stereocenters. The quantitative estimate of drug-likeness (QED) is 0.822. The Morgan fingerprint density at radius 1 is 1.21 bits per heavy atom. The highest BCUT2D eigenvalue weighted by molar-refractivity contribution is 8.00. The lowest BCUT2D eigenvalue weighted by Crippen LogP contribution is -2.25. The predicted octanol–water partition coefficient (Wildman–Crippen LogP) is 2.89. The van der Waals surface area contributed by atoms with Crippen LogP contribution in [-0.4, -0.2) is 32.2 Å². The molecule has 2 aromatic rings. The molecule has 0 bridgehead atoms. The van der Waals surface area contributed by atoms with E-state index in [1.165, 1.54) is 25.7 Å². The molecule has 2 aliphatic rings. The number of hydrogen-bond acceptors (Lipinski definition) is 7. The van der Waals surface area contributed by atoms with Gasteiger partial charge in [-0.2, -0.15) is 4.98 Å². The molecule has 0 radical (unpaired) electrons. The predicted molar refractivity (Wildman–Crippen MR) is 88.3 cm³/mol. The highest BCUT2D eigenvalue weighted by Gasteiger charge is 2.28. The van der Waals surface area contributed by atoms with Crippen molar-refractivity contribution in [2.24, 2.45) is 0 Å². The van der Waals surface area contributed by atoms with Gasteiger partial charge in [-0.1, -0.05) is 23.2 Å². The van der Waals surface area contributed by atoms with Gasteiger partial charge in [0.05, 0.1) is 12.3 Å². The molecular formula is C16H20N4O3S. The van der Waals surface area contributed by atoms with Crippen LogP contribution in [0.4, 0.5) is 0 Å². The minimum absolute atomic E-state index is 0.00380. The van der Waals surface area contributed by atoms with Gasteiger partial charge in [0.1, 0.15) is 5.76 Å². The molecule has 4 rings (SSSR count). The smallest absolute Gasteiger partial charge is 0.246 e. The van der Waals surface area contributed by atoms with E-state index in [-0.39, 0.29) is 12.5 Å². The standard InChI is InChI=1S/C16H20N4O3S/c21-14(9-24-11-3-1-2-4-11)17-8-15-18-16(20-23-15)12-7-13(22-19-12)10-5-6-10/h7,10-11H,1-6,8-9H2,(H,17,21). The highest BCUT2D eigenvalue weighted by Crippen LogP contribution is 2.40. The first-order valence-corrected chi connectivity index (χ1v) is 9.50. The normalized spacial score (nSPS) is 18.2. The van der Waals surface area contributed by atoms with Gasteiger partial charge in [-0.05, 0) is 25.7 Å². The summed E-state index contributed by atoms with van der Waals surface area (Å²) in [7, 11) is 0. The highest BCUT2D eigenvalue weighted by atomic mass is 32.2. The van der Waals surface area contributed by atoms with Crippen LogP contribution in [0.3, 0.4) is 0 Å². The summed E-state index contributed by atoms with van der Waals surface area (Å²) in [5.74, 6) is 2.64. The minimum atomic E-state index is 0.00380. The van der Waals surface area contributed by atoms with Crippen LogP contribution in [0.5, 0.6) is 0 Å². The molecule has 2 heterocycles. The summed E-state index contributed by atoms with van der Waals surface area (Å²) in [4.78, 5) is 16.1. The molecule has 128 valence electrons. The van der Waals surface area contributed by atoms with E-state index in [0.717, 1.165) is 18.6 Å². The molecule has 2 saturated carbocycles. The van der Waals surface area contributed by atoms with Gasteiger partial charge in [0.15, 0.2) is 5.69 Å². The van der Waals surface area contributed by atoms with Crippen LogP contribution in [0.15, 0.2) is 15.1 Å². The van der Waals surface area contributed by atoms with E-state index in [9.17, 15) is 4.79 Å². The summed E-state index contributed by atoms with van der Waals surface area (Å²) in [6.45, 7) is 0.240. The number of nitrogens with one attached hydrogen (secondary N) is 1. The lowest BCUT2D eigenvalue weighted by atomic mass is 10.3. The fourth-order valence-electron chi connectivity index (χ4n) is 2.86. The number of carbonyl (C=O) groups is 1. The van der Waals surface area contributed by atoms with Crippen molar-refractivity contribution in [3.05, 3.63) is 17.7 Å². The van der Waals surface area contributed by atoms with Gasteiger partial charge in [-0.3, -0.25) is 4.79 Å². The van der Waals surface area contributed by atoms with Gasteiger partial charge in [0, 0.05) is 17.2 Å². The Labute approximate surface area is 143 Å². The molecule has 2 aliphatic carbocycles. The first-order chi connectivity index (χ1) is 11.8. The van der Waals surface area contributed by atoms with Crippen molar-refractivity contribution in [2.45, 2.75) is 56.2 Å². The number of aromatic nitrogens is 3. The van der Waals surface area contributed by atoms with Crippen molar-refractivity contribution in [1.82, 2.24) is 20.6 Å². The second-order valence-corrected chi connectivity index (χ2v) is 7.68. The largest absolute Gasteiger partial charge is 0.360 e. The zero-order valence-electron chi connectivity index (χ0n) is 13.4. The van der Waals surface area contributed by atoms with Crippen LogP contribution in [0, 0.1) is 0 Å². The Morgan fingerprint density at radius 3 is 2.83 bits per heavy atom. The average molecular weight is 348 g/mol. The van der Waals surface area contributed by atoms with Crippen LogP contribution in [0.25, 0.3) is 11.5 Å². The third-order valence-electron chi connectivity index (χ3n) is 4.39. The van der Waals surface area contributed by atoms with Gasteiger partial charge in [0.2, 0.25) is 17.6 Å². The van der Waals surface area contributed by atoms with Crippen LogP contribution in [-0.2, 0) is 11.3 Å². The second-order valence-electron chi connectivity index (χ2n) is 6.39. The number of carbonyl (C=O) groups excluding carboxylic acids is 1. The fraction of sp³-hybridized carbons (Fsp3) is 0.625. The molecule has 0 aliphatic heterocycles. The summed E-state index contributed by atoms with van der Waals surface area (Å²) < 4.78 is 10.5. The average Bonchev–Trinajstić information content (AvgIpc) is 3.03. The van der Waals surface area contributed by atoms with E-state index in [0.29, 0.717) is 34.3 Å². The fourth-order valence-corrected chi connectivity index (χ4v) is 4.02. The van der Waals surface area contributed by atoms with Crippen molar-refractivity contribution in [2.75, 3.05) is 5.75 Å². The molecule has 0 saturated heterocycles. The monoisotopic (exact) mass is 348 g/mol. The molecule has 7 nitrogen and oxygen atoms in total. The van der Waals surface area contributed by atoms with Gasteiger partial charge in [-0.25, -0.2) is 0 Å². The number of nitrogens with zero attached hydrogens (tertiary/aromatic N) is 3. The number of amides is 1. The van der Waals surface area contributed by atoms with E-state index >= 15 is 0 Å². The Bertz CT molecular complexity index is 704. The van der Waals surface area contributed by atoms with Crippen LogP contribution in [0.1, 0.15) is 56.1 Å². The topological polar surface area (TPSA) is 94.1 Å². The van der Waals surface area contributed by atoms with Crippen LogP contribution < -0.4 is 5.32 Å². The Kier molecular flexibility index (Phi) is 4.55. The maximum absolute atomic E-state index is 11.9. The molecule has 0 atom stereocenters. The Morgan fingerprint density at radius 2 is 2.04 bits per heavy atom. The van der Waals surface area contributed by atoms with Crippen LogP contribution in [0.2, 0.25) is 0 Å². The van der Waals surface area contributed by atoms with Gasteiger partial charge < -0.3 is 14.4 Å². The molecular weight excluding hydrogens is 328 g/mol. The Hall–Kier alpha value is -1.83. The molecule has 1 amide bonds. The SMILES string of the molecule is O=C(CSC1CCCC1)NCc1nc(-c2cc(C3CC3)on2)no1. The lowest BCUT2D eigenvalue weighted by Gasteiger charge is -2.07. The molecule has 0 aromatic carbocycles. The third-order valence-corrected chi connectivity index (χ3v) is 5.77. The number of rotatable bonds is 7. The molecule has 24 heavy (non-hydrogen) atoms. The second kappa shape index (κ2) is 6.96. The number of thioether (sulfide) groups is 1. The van der Waals surface area contributed by atoms with E-state index in [2.05, 4.69) is 20.6 Å². The summed E-state index contributed by atoms with van der Waals surface area (Å²) in [6, 6.07) is 1.86. The lowest BCUT2D eigenvalue weighted by molar-refractivity contribution is -0.118. The van der Waals surface area contributed by atoms with Crippen molar-refractivity contribution < 1.29 is 13.8 Å². The van der Waals surface area contributed by atoms with E-state index in [1.807, 2.05) is 6.07 Å². The van der Waals surface area contributed by atoms with E-state index < -0.39 is 0 Å². The maximum atomic E-state index is 11.9. The molecule has 8 heteroatoms. The van der Waals surface area contributed by atoms with E-state index in [4.69, 9.17) is 9.05 Å². The first-order valence-electron chi connectivity index (χ1n) is 8.46. The molecule has 0 spiro atoms. The Balaban J connectivity index is 1.26. The first kappa shape index (κ1) is 15.7. The van der Waals surface area contributed by atoms with Crippen molar-refractivity contribution in [3.63, 3.8) is 0 Å². The third kappa shape index (κ3) is 3.80. The zero-order valence-corrected chi connectivity index (χ0v) is 14.2. The summed E-state index contributed by atoms with van der Waals surface area (Å²) in [5, 5.41) is 11.3. The van der Waals surface area contributed by atoms with Gasteiger partial charge in [-0.15, -0.1) is 11.8 Å². The molecule has 2 fully saturated rings. The number of hydrogen-bond donors (Lipinski definition) is 1. The summed E-state index contributed by atoms with van der Waals surface area (Å²) >= 11 is 1.74. The van der Waals surface area contributed by atoms with E-state index in [1.54, 1.807) is 11.8 Å². The van der Waals surface area contributed by atoms with Gasteiger partial charge in [0.25, 0.3) is 0 Å². The molecule has 2 aromatic heterocycles.